The molecule has 1 N–H and O–H groups in total. The summed E-state index contributed by atoms with van der Waals surface area (Å²) in [4.78, 5) is 0. The van der Waals surface area contributed by atoms with Crippen LogP contribution < -0.4 is 5.32 Å². The second-order valence-corrected chi connectivity index (χ2v) is 5.49. The summed E-state index contributed by atoms with van der Waals surface area (Å²) in [5, 5.41) is 3.48. The monoisotopic (exact) mass is 269 g/mol. The Morgan fingerprint density at radius 2 is 1.94 bits per heavy atom. The fourth-order valence-electron chi connectivity index (χ4n) is 1.75. The molecule has 0 aromatic heterocycles. The molecule has 0 amide bonds. The number of ether oxygens (including phenoxy) is 1. The molecule has 0 heterocycles. The molecule has 0 aliphatic rings. The first-order valence-electron chi connectivity index (χ1n) is 6.53. The Morgan fingerprint density at radius 3 is 2.50 bits per heavy atom. The van der Waals surface area contributed by atoms with Gasteiger partial charge >= 0.3 is 0 Å². The van der Waals surface area contributed by atoms with Gasteiger partial charge in [0, 0.05) is 19.0 Å². The highest BCUT2D eigenvalue weighted by molar-refractivity contribution is 6.18. The van der Waals surface area contributed by atoms with Gasteiger partial charge in [-0.3, -0.25) is 0 Å². The molecule has 0 spiro atoms. The van der Waals surface area contributed by atoms with Gasteiger partial charge in [-0.2, -0.15) is 0 Å². The van der Waals surface area contributed by atoms with Crippen molar-refractivity contribution in [3.63, 3.8) is 0 Å². The molecule has 1 rings (SSSR count). The van der Waals surface area contributed by atoms with Crippen LogP contribution in [0.2, 0.25) is 0 Å². The van der Waals surface area contributed by atoms with Crippen LogP contribution in [-0.2, 0) is 10.3 Å². The van der Waals surface area contributed by atoms with Crippen molar-refractivity contribution in [3.05, 3.63) is 35.9 Å². The lowest BCUT2D eigenvalue weighted by Crippen LogP contribution is -2.43. The van der Waals surface area contributed by atoms with E-state index in [-0.39, 0.29) is 5.54 Å². The van der Waals surface area contributed by atoms with Gasteiger partial charge in [-0.25, -0.2) is 0 Å². The molecule has 0 radical (unpaired) electrons. The zero-order valence-electron chi connectivity index (χ0n) is 11.6. The van der Waals surface area contributed by atoms with Gasteiger partial charge in [-0.05, 0) is 18.4 Å². The Morgan fingerprint density at radius 1 is 1.28 bits per heavy atom. The molecule has 1 unspecified atom stereocenters. The number of rotatable bonds is 8. The third-order valence-corrected chi connectivity index (χ3v) is 3.43. The lowest BCUT2D eigenvalue weighted by Gasteiger charge is -2.29. The quantitative estimate of drug-likeness (QED) is 0.577. The second-order valence-electron chi connectivity index (χ2n) is 5.23. The predicted octanol–water partition coefficient (Wildman–Crippen LogP) is 3.40. The van der Waals surface area contributed by atoms with E-state index in [1.807, 2.05) is 18.2 Å². The van der Waals surface area contributed by atoms with E-state index >= 15 is 0 Å². The number of halogens is 1. The largest absolute Gasteiger partial charge is 0.380 e. The Hall–Kier alpha value is -0.570. The van der Waals surface area contributed by atoms with Crippen LogP contribution >= 0.6 is 11.6 Å². The van der Waals surface area contributed by atoms with Crippen molar-refractivity contribution < 1.29 is 4.74 Å². The molecule has 2 nitrogen and oxygen atoms in total. The van der Waals surface area contributed by atoms with E-state index in [1.54, 1.807) is 0 Å². The maximum atomic E-state index is 6.10. The number of hydrogen-bond donors (Lipinski definition) is 1. The molecule has 3 heteroatoms. The summed E-state index contributed by atoms with van der Waals surface area (Å²) in [6, 6.07) is 10.3. The van der Waals surface area contributed by atoms with Crippen molar-refractivity contribution in [2.75, 3.05) is 25.6 Å². The predicted molar refractivity (Wildman–Crippen MR) is 78.2 cm³/mol. The van der Waals surface area contributed by atoms with Crippen LogP contribution in [0.15, 0.2) is 30.3 Å². The van der Waals surface area contributed by atoms with E-state index in [1.165, 1.54) is 5.56 Å². The normalized spacial score (nSPS) is 14.7. The highest BCUT2D eigenvalue weighted by atomic mass is 35.5. The summed E-state index contributed by atoms with van der Waals surface area (Å²) in [5.74, 6) is 1.12. The Kier molecular flexibility index (Phi) is 6.69. The van der Waals surface area contributed by atoms with Crippen molar-refractivity contribution >= 4 is 11.6 Å². The van der Waals surface area contributed by atoms with Gasteiger partial charge in [0.15, 0.2) is 0 Å². The molecule has 1 aromatic rings. The molecule has 0 aliphatic carbocycles. The minimum Gasteiger partial charge on any atom is -0.380 e. The van der Waals surface area contributed by atoms with Gasteiger partial charge in [0.2, 0.25) is 0 Å². The summed E-state index contributed by atoms with van der Waals surface area (Å²) in [6.45, 7) is 8.77. The number of nitrogens with one attached hydrogen (secondary N) is 1. The molecule has 0 saturated carbocycles. The molecule has 1 atom stereocenters. The van der Waals surface area contributed by atoms with E-state index < -0.39 is 0 Å². The van der Waals surface area contributed by atoms with Crippen LogP contribution in [-0.4, -0.2) is 25.6 Å². The third-order valence-electron chi connectivity index (χ3n) is 2.89. The van der Waals surface area contributed by atoms with E-state index in [0.717, 1.165) is 19.8 Å². The SMILES string of the molecule is CC(C)COCCNC(C)(CCl)c1ccccc1. The van der Waals surface area contributed by atoms with Crippen LogP contribution in [0.25, 0.3) is 0 Å². The van der Waals surface area contributed by atoms with Crippen LogP contribution in [0.5, 0.6) is 0 Å². The first kappa shape index (κ1) is 15.5. The highest BCUT2D eigenvalue weighted by Crippen LogP contribution is 2.21. The summed E-state index contributed by atoms with van der Waals surface area (Å²) >= 11 is 6.10. The molecular formula is C15H24ClNO. The van der Waals surface area contributed by atoms with Gasteiger partial charge in [0.05, 0.1) is 12.1 Å². The third kappa shape index (κ3) is 4.97. The fraction of sp³-hybridized carbons (Fsp3) is 0.600. The van der Waals surface area contributed by atoms with E-state index in [2.05, 4.69) is 38.2 Å². The molecule has 0 aliphatic heterocycles. The minimum atomic E-state index is -0.190. The Bertz CT molecular complexity index is 329. The van der Waals surface area contributed by atoms with Gasteiger partial charge < -0.3 is 10.1 Å². The summed E-state index contributed by atoms with van der Waals surface area (Å²) in [7, 11) is 0. The maximum absolute atomic E-state index is 6.10. The lowest BCUT2D eigenvalue weighted by atomic mass is 9.94. The summed E-state index contributed by atoms with van der Waals surface area (Å²) in [5.41, 5.74) is 1.02. The molecule has 0 saturated heterocycles. The van der Waals surface area contributed by atoms with Gasteiger partial charge in [0.25, 0.3) is 0 Å². The summed E-state index contributed by atoms with van der Waals surface area (Å²) in [6.07, 6.45) is 0. The molecular weight excluding hydrogens is 246 g/mol. The Balaban J connectivity index is 2.42. The average Bonchev–Trinajstić information content (AvgIpc) is 2.38. The molecule has 1 aromatic carbocycles. The van der Waals surface area contributed by atoms with Crippen LogP contribution in [0.4, 0.5) is 0 Å². The molecule has 102 valence electrons. The second kappa shape index (κ2) is 7.78. The highest BCUT2D eigenvalue weighted by Gasteiger charge is 2.24. The molecule has 0 bridgehead atoms. The molecule has 18 heavy (non-hydrogen) atoms. The smallest absolute Gasteiger partial charge is 0.0591 e. The van der Waals surface area contributed by atoms with Crippen LogP contribution in [0.1, 0.15) is 26.3 Å². The standard InChI is InChI=1S/C15H24ClNO/c1-13(2)11-18-10-9-17-15(3,12-16)14-7-5-4-6-8-14/h4-8,13,17H,9-12H2,1-3H3. The van der Waals surface area contributed by atoms with E-state index in [4.69, 9.17) is 16.3 Å². The maximum Gasteiger partial charge on any atom is 0.0591 e. The molecule has 0 fully saturated rings. The first-order chi connectivity index (χ1) is 8.58. The van der Waals surface area contributed by atoms with Gasteiger partial charge in [-0.1, -0.05) is 44.2 Å². The first-order valence-corrected chi connectivity index (χ1v) is 7.06. The minimum absolute atomic E-state index is 0.190. The van der Waals surface area contributed by atoms with Crippen LogP contribution in [0.3, 0.4) is 0 Å². The van der Waals surface area contributed by atoms with Crippen molar-refractivity contribution in [1.29, 1.82) is 0 Å². The zero-order chi connectivity index (χ0) is 13.4. The number of alkyl halides is 1. The summed E-state index contributed by atoms with van der Waals surface area (Å²) < 4.78 is 5.57. The Labute approximate surface area is 116 Å². The van der Waals surface area contributed by atoms with Crippen molar-refractivity contribution in [3.8, 4) is 0 Å². The lowest BCUT2D eigenvalue weighted by molar-refractivity contribution is 0.107. The number of hydrogen-bond acceptors (Lipinski definition) is 2. The zero-order valence-corrected chi connectivity index (χ0v) is 12.3. The van der Waals surface area contributed by atoms with Crippen molar-refractivity contribution in [2.45, 2.75) is 26.3 Å². The average molecular weight is 270 g/mol. The van der Waals surface area contributed by atoms with E-state index in [9.17, 15) is 0 Å². The van der Waals surface area contributed by atoms with Crippen LogP contribution in [0, 0.1) is 5.92 Å². The topological polar surface area (TPSA) is 21.3 Å². The fourth-order valence-corrected chi connectivity index (χ4v) is 2.00. The van der Waals surface area contributed by atoms with Gasteiger partial charge in [-0.15, -0.1) is 11.6 Å². The van der Waals surface area contributed by atoms with E-state index in [0.29, 0.717) is 11.8 Å². The van der Waals surface area contributed by atoms with Crippen molar-refractivity contribution in [2.24, 2.45) is 5.92 Å². The van der Waals surface area contributed by atoms with Gasteiger partial charge in [0.1, 0.15) is 0 Å². The number of benzene rings is 1. The van der Waals surface area contributed by atoms with Crippen molar-refractivity contribution in [1.82, 2.24) is 5.32 Å².